The lowest BCUT2D eigenvalue weighted by Gasteiger charge is -2.25. The lowest BCUT2D eigenvalue weighted by molar-refractivity contribution is 0.0954. The summed E-state index contributed by atoms with van der Waals surface area (Å²) in [6, 6.07) is 16.6. The molecule has 0 fully saturated rings. The van der Waals surface area contributed by atoms with Crippen molar-refractivity contribution < 1.29 is 9.59 Å². The Labute approximate surface area is 164 Å². The van der Waals surface area contributed by atoms with Crippen LogP contribution in [0.2, 0.25) is 5.02 Å². The van der Waals surface area contributed by atoms with Crippen LogP contribution in [-0.2, 0) is 0 Å². The molecule has 3 N–H and O–H groups in total. The molecule has 0 bridgehead atoms. The van der Waals surface area contributed by atoms with Crippen molar-refractivity contribution >= 4 is 23.5 Å². The van der Waals surface area contributed by atoms with E-state index in [1.54, 1.807) is 24.3 Å². The number of halogens is 1. The highest BCUT2D eigenvalue weighted by atomic mass is 35.5. The molecule has 6 nitrogen and oxygen atoms in total. The number of benzene rings is 2. The molecule has 27 heavy (non-hydrogen) atoms. The third-order valence-electron chi connectivity index (χ3n) is 4.08. The van der Waals surface area contributed by atoms with Crippen molar-refractivity contribution in [3.8, 4) is 0 Å². The van der Waals surface area contributed by atoms with Crippen molar-refractivity contribution in [2.75, 3.05) is 33.7 Å². The zero-order valence-electron chi connectivity index (χ0n) is 15.5. The predicted octanol–water partition coefficient (Wildman–Crippen LogP) is 2.67. The summed E-state index contributed by atoms with van der Waals surface area (Å²) in [5, 5.41) is 8.73. The van der Waals surface area contributed by atoms with Crippen molar-refractivity contribution in [1.29, 1.82) is 0 Å². The van der Waals surface area contributed by atoms with Crippen LogP contribution in [0.5, 0.6) is 0 Å². The smallest absolute Gasteiger partial charge is 0.314 e. The monoisotopic (exact) mass is 388 g/mol. The van der Waals surface area contributed by atoms with Gasteiger partial charge in [-0.1, -0.05) is 54.1 Å². The van der Waals surface area contributed by atoms with E-state index < -0.39 is 0 Å². The number of nitrogens with zero attached hydrogens (tertiary/aromatic N) is 1. The summed E-state index contributed by atoms with van der Waals surface area (Å²) in [6.45, 7) is 1.11. The molecule has 0 heterocycles. The molecule has 2 aromatic rings. The van der Waals surface area contributed by atoms with Crippen LogP contribution >= 0.6 is 11.6 Å². The van der Waals surface area contributed by atoms with Gasteiger partial charge in [-0.3, -0.25) is 4.79 Å². The highest BCUT2D eigenvalue weighted by Crippen LogP contribution is 2.16. The van der Waals surface area contributed by atoms with Crippen LogP contribution in [0.3, 0.4) is 0 Å². The first-order chi connectivity index (χ1) is 13.0. The summed E-state index contributed by atoms with van der Waals surface area (Å²) in [7, 11) is 3.95. The Morgan fingerprint density at radius 1 is 0.926 bits per heavy atom. The maximum absolute atomic E-state index is 12.0. The van der Waals surface area contributed by atoms with E-state index in [2.05, 4.69) is 20.9 Å². The standard InChI is InChI=1S/C20H25ClN4O2/c1-25(2)18(15-8-4-3-5-9-15)14-24-20(27)23-13-12-22-19(26)16-10-6-7-11-17(16)21/h3-11,18H,12-14H2,1-2H3,(H,22,26)(H2,23,24,27). The maximum atomic E-state index is 12.0. The fourth-order valence-corrected chi connectivity index (χ4v) is 2.84. The van der Waals surface area contributed by atoms with E-state index in [1.807, 2.05) is 44.4 Å². The van der Waals surface area contributed by atoms with Gasteiger partial charge >= 0.3 is 6.03 Å². The van der Waals surface area contributed by atoms with E-state index in [4.69, 9.17) is 11.6 Å². The summed E-state index contributed by atoms with van der Waals surface area (Å²) in [6.07, 6.45) is 0. The van der Waals surface area contributed by atoms with Crippen LogP contribution in [0.15, 0.2) is 54.6 Å². The van der Waals surface area contributed by atoms with Crippen molar-refractivity contribution in [1.82, 2.24) is 20.9 Å². The fourth-order valence-electron chi connectivity index (χ4n) is 2.62. The number of rotatable bonds is 8. The predicted molar refractivity (Wildman–Crippen MR) is 108 cm³/mol. The van der Waals surface area contributed by atoms with Gasteiger partial charge in [-0.05, 0) is 31.8 Å². The second-order valence-corrected chi connectivity index (χ2v) is 6.67. The van der Waals surface area contributed by atoms with Crippen molar-refractivity contribution in [2.45, 2.75) is 6.04 Å². The lowest BCUT2D eigenvalue weighted by atomic mass is 10.1. The Kier molecular flexibility index (Phi) is 8.10. The van der Waals surface area contributed by atoms with E-state index in [9.17, 15) is 9.59 Å². The number of carbonyl (C=O) groups is 2. The van der Waals surface area contributed by atoms with Crippen molar-refractivity contribution in [3.05, 3.63) is 70.7 Å². The summed E-state index contributed by atoms with van der Waals surface area (Å²) < 4.78 is 0. The Morgan fingerprint density at radius 2 is 1.56 bits per heavy atom. The van der Waals surface area contributed by atoms with Gasteiger partial charge in [0.25, 0.3) is 5.91 Å². The molecule has 144 valence electrons. The zero-order valence-corrected chi connectivity index (χ0v) is 16.3. The molecule has 0 spiro atoms. The van der Waals surface area contributed by atoms with Gasteiger partial charge in [0.05, 0.1) is 16.6 Å². The Hall–Kier alpha value is -2.57. The van der Waals surface area contributed by atoms with Gasteiger partial charge in [0, 0.05) is 19.6 Å². The molecule has 3 amide bonds. The van der Waals surface area contributed by atoms with Crippen molar-refractivity contribution in [2.24, 2.45) is 0 Å². The molecule has 0 saturated heterocycles. The first-order valence-electron chi connectivity index (χ1n) is 8.75. The lowest BCUT2D eigenvalue weighted by Crippen LogP contribution is -2.43. The Bertz CT molecular complexity index is 753. The number of hydrogen-bond donors (Lipinski definition) is 3. The molecule has 0 aromatic heterocycles. The van der Waals surface area contributed by atoms with Gasteiger partial charge in [0.1, 0.15) is 0 Å². The Morgan fingerprint density at radius 3 is 2.22 bits per heavy atom. The minimum absolute atomic E-state index is 0.0804. The largest absolute Gasteiger partial charge is 0.350 e. The first kappa shape index (κ1) is 20.7. The number of likely N-dealkylation sites (N-methyl/N-ethyl adjacent to an activating group) is 1. The highest BCUT2D eigenvalue weighted by molar-refractivity contribution is 6.33. The number of nitrogens with one attached hydrogen (secondary N) is 3. The number of amides is 3. The average Bonchev–Trinajstić information content (AvgIpc) is 2.66. The van der Waals surface area contributed by atoms with Crippen molar-refractivity contribution in [3.63, 3.8) is 0 Å². The van der Waals surface area contributed by atoms with E-state index >= 15 is 0 Å². The molecule has 0 radical (unpaired) electrons. The normalized spacial score (nSPS) is 11.7. The van der Waals surface area contributed by atoms with E-state index in [0.29, 0.717) is 30.2 Å². The minimum atomic E-state index is -0.273. The van der Waals surface area contributed by atoms with Crippen LogP contribution in [-0.4, -0.2) is 50.6 Å². The topological polar surface area (TPSA) is 73.5 Å². The number of hydrogen-bond acceptors (Lipinski definition) is 3. The van der Waals surface area contributed by atoms with Crippen LogP contribution in [0, 0.1) is 0 Å². The van der Waals surface area contributed by atoms with Gasteiger partial charge in [-0.25, -0.2) is 4.79 Å². The number of carbonyl (C=O) groups excluding carboxylic acids is 2. The van der Waals surface area contributed by atoms with Gasteiger partial charge in [0.15, 0.2) is 0 Å². The summed E-state index contributed by atoms with van der Waals surface area (Å²) in [4.78, 5) is 26.1. The molecule has 0 saturated carbocycles. The van der Waals surface area contributed by atoms with Crippen LogP contribution in [0.1, 0.15) is 22.0 Å². The molecular weight excluding hydrogens is 364 g/mol. The fraction of sp³-hybridized carbons (Fsp3) is 0.300. The Balaban J connectivity index is 1.71. The van der Waals surface area contributed by atoms with Crippen LogP contribution in [0.25, 0.3) is 0 Å². The molecule has 2 rings (SSSR count). The molecule has 2 aromatic carbocycles. The van der Waals surface area contributed by atoms with E-state index in [0.717, 1.165) is 5.56 Å². The SMILES string of the molecule is CN(C)C(CNC(=O)NCCNC(=O)c1ccccc1Cl)c1ccccc1. The van der Waals surface area contributed by atoms with E-state index in [1.165, 1.54) is 0 Å². The van der Waals surface area contributed by atoms with E-state index in [-0.39, 0.29) is 18.0 Å². The quantitative estimate of drug-likeness (QED) is 0.609. The third kappa shape index (κ3) is 6.58. The van der Waals surface area contributed by atoms with Crippen LogP contribution in [0.4, 0.5) is 4.79 Å². The maximum Gasteiger partial charge on any atom is 0.314 e. The molecule has 7 heteroatoms. The summed E-state index contributed by atoms with van der Waals surface area (Å²) >= 11 is 5.98. The molecule has 1 unspecified atom stereocenters. The molecule has 0 aliphatic heterocycles. The number of urea groups is 1. The average molecular weight is 389 g/mol. The second-order valence-electron chi connectivity index (χ2n) is 6.26. The highest BCUT2D eigenvalue weighted by Gasteiger charge is 2.14. The summed E-state index contributed by atoms with van der Waals surface area (Å²) in [5.74, 6) is -0.264. The van der Waals surface area contributed by atoms with Gasteiger partial charge < -0.3 is 20.9 Å². The van der Waals surface area contributed by atoms with Crippen LogP contribution < -0.4 is 16.0 Å². The molecular formula is C20H25ClN4O2. The first-order valence-corrected chi connectivity index (χ1v) is 9.12. The van der Waals surface area contributed by atoms with Gasteiger partial charge in [-0.15, -0.1) is 0 Å². The third-order valence-corrected chi connectivity index (χ3v) is 4.41. The minimum Gasteiger partial charge on any atom is -0.350 e. The van der Waals surface area contributed by atoms with Gasteiger partial charge in [-0.2, -0.15) is 0 Å². The molecule has 1 atom stereocenters. The molecule has 0 aliphatic carbocycles. The zero-order chi connectivity index (χ0) is 19.6. The second kappa shape index (κ2) is 10.5. The molecule has 0 aliphatic rings. The summed E-state index contributed by atoms with van der Waals surface area (Å²) in [5.41, 5.74) is 1.55. The van der Waals surface area contributed by atoms with Gasteiger partial charge in [0.2, 0.25) is 0 Å².